The lowest BCUT2D eigenvalue weighted by atomic mass is 9.93. The molecule has 1 N–H and O–H groups in total. The predicted molar refractivity (Wildman–Crippen MR) is 126 cm³/mol. The maximum absolute atomic E-state index is 13.3. The largest absolute Gasteiger partial charge is 0.496 e. The summed E-state index contributed by atoms with van der Waals surface area (Å²) in [5.41, 5.74) is 5.45. The zero-order valence-corrected chi connectivity index (χ0v) is 19.8. The van der Waals surface area contributed by atoms with E-state index in [0.717, 1.165) is 61.4 Å². The quantitative estimate of drug-likeness (QED) is 0.704. The molecule has 176 valence electrons. The number of furan rings is 1. The first kappa shape index (κ1) is 23.0. The summed E-state index contributed by atoms with van der Waals surface area (Å²) in [6.45, 7) is 3.87. The maximum Gasteiger partial charge on any atom is 0.289 e. The van der Waals surface area contributed by atoms with Crippen molar-refractivity contribution in [2.24, 2.45) is 5.10 Å². The molecule has 0 spiro atoms. The lowest BCUT2D eigenvalue weighted by Crippen LogP contribution is -2.44. The second-order valence-electron chi connectivity index (χ2n) is 8.86. The third kappa shape index (κ3) is 4.66. The van der Waals surface area contributed by atoms with E-state index in [1.54, 1.807) is 18.2 Å². The fourth-order valence-electron chi connectivity index (χ4n) is 4.70. The molecule has 1 aliphatic heterocycles. The van der Waals surface area contributed by atoms with Crippen LogP contribution in [0.2, 0.25) is 0 Å². The summed E-state index contributed by atoms with van der Waals surface area (Å²) in [4.78, 5) is 30.1. The van der Waals surface area contributed by atoms with Crippen LogP contribution in [0.3, 0.4) is 0 Å². The van der Waals surface area contributed by atoms with Crippen molar-refractivity contribution in [2.45, 2.75) is 45.1 Å². The highest BCUT2D eigenvalue weighted by Gasteiger charge is 2.32. The highest BCUT2D eigenvalue weighted by molar-refractivity contribution is 6.07. The van der Waals surface area contributed by atoms with E-state index in [0.29, 0.717) is 23.5 Å². The van der Waals surface area contributed by atoms with Gasteiger partial charge in [-0.2, -0.15) is 5.10 Å². The number of carbonyl (C=O) groups excluding carboxylic acids is 2. The zero-order valence-electron chi connectivity index (χ0n) is 19.8. The van der Waals surface area contributed by atoms with Crippen molar-refractivity contribution in [2.75, 3.05) is 34.3 Å². The molecule has 0 unspecified atom stereocenters. The van der Waals surface area contributed by atoms with Crippen molar-refractivity contribution in [1.29, 1.82) is 0 Å². The Morgan fingerprint density at radius 1 is 1.21 bits per heavy atom. The molecule has 0 atom stereocenters. The highest BCUT2D eigenvalue weighted by Crippen LogP contribution is 2.31. The standard InChI is InChI=1S/C25H32N4O4/c1-16-22-19(26-27-24(30)18-8-5-6-10-20(18)32-4)9-7-11-21(22)33-23(16)25(31)29(3)17-12-14-28(2)15-13-17/h5-6,8,10,17H,7,9,11-15H2,1-4H3,(H,27,30)/b26-19+. The first-order valence-electron chi connectivity index (χ1n) is 11.5. The van der Waals surface area contributed by atoms with Gasteiger partial charge in [0.15, 0.2) is 5.76 Å². The van der Waals surface area contributed by atoms with E-state index in [1.165, 1.54) is 7.11 Å². The number of amides is 2. The molecular weight excluding hydrogens is 420 g/mol. The number of hydrogen-bond donors (Lipinski definition) is 1. The number of nitrogens with zero attached hydrogens (tertiary/aromatic N) is 3. The minimum atomic E-state index is -0.341. The van der Waals surface area contributed by atoms with Crippen LogP contribution in [-0.4, -0.2) is 67.7 Å². The molecule has 1 fully saturated rings. The summed E-state index contributed by atoms with van der Waals surface area (Å²) in [6, 6.07) is 7.23. The SMILES string of the molecule is COc1ccccc1C(=O)N/N=C1\CCCc2oc(C(=O)N(C)C3CCN(C)CC3)c(C)c21. The molecule has 4 rings (SSSR count). The topological polar surface area (TPSA) is 87.4 Å². The Morgan fingerprint density at radius 3 is 2.67 bits per heavy atom. The minimum Gasteiger partial charge on any atom is -0.496 e. The van der Waals surface area contributed by atoms with Crippen LogP contribution in [0.1, 0.15) is 63.5 Å². The van der Waals surface area contributed by atoms with E-state index in [4.69, 9.17) is 9.15 Å². The van der Waals surface area contributed by atoms with Gasteiger partial charge in [0.25, 0.3) is 11.8 Å². The van der Waals surface area contributed by atoms with Crippen LogP contribution < -0.4 is 10.2 Å². The van der Waals surface area contributed by atoms with E-state index in [1.807, 2.05) is 24.9 Å². The zero-order chi connectivity index (χ0) is 23.5. The number of ether oxygens (including phenoxy) is 1. The normalized spacial score (nSPS) is 18.1. The maximum atomic E-state index is 13.3. The fourth-order valence-corrected chi connectivity index (χ4v) is 4.70. The number of para-hydroxylation sites is 1. The van der Waals surface area contributed by atoms with Gasteiger partial charge < -0.3 is 19.0 Å². The smallest absolute Gasteiger partial charge is 0.289 e. The van der Waals surface area contributed by atoms with Crippen LogP contribution in [0.25, 0.3) is 0 Å². The van der Waals surface area contributed by atoms with Gasteiger partial charge >= 0.3 is 0 Å². The molecule has 0 bridgehead atoms. The molecule has 1 saturated heterocycles. The number of nitrogens with one attached hydrogen (secondary N) is 1. The van der Waals surface area contributed by atoms with Gasteiger partial charge in [0, 0.05) is 30.6 Å². The van der Waals surface area contributed by atoms with Gasteiger partial charge in [-0.1, -0.05) is 12.1 Å². The van der Waals surface area contributed by atoms with Gasteiger partial charge in [-0.05, 0) is 64.9 Å². The van der Waals surface area contributed by atoms with Gasteiger partial charge in [0.2, 0.25) is 0 Å². The van der Waals surface area contributed by atoms with E-state index in [-0.39, 0.29) is 17.9 Å². The Hall–Kier alpha value is -3.13. The molecule has 1 aromatic carbocycles. The predicted octanol–water partition coefficient (Wildman–Crippen LogP) is 3.23. The van der Waals surface area contributed by atoms with Crippen molar-refractivity contribution in [1.82, 2.24) is 15.2 Å². The molecule has 33 heavy (non-hydrogen) atoms. The molecule has 0 saturated carbocycles. The molecule has 2 aromatic rings. The monoisotopic (exact) mass is 452 g/mol. The summed E-state index contributed by atoms with van der Waals surface area (Å²) in [7, 11) is 5.50. The van der Waals surface area contributed by atoms with E-state index >= 15 is 0 Å². The average Bonchev–Trinajstić information content (AvgIpc) is 3.19. The van der Waals surface area contributed by atoms with Gasteiger partial charge in [0.05, 0.1) is 18.4 Å². The van der Waals surface area contributed by atoms with Gasteiger partial charge in [0.1, 0.15) is 11.5 Å². The van der Waals surface area contributed by atoms with Crippen LogP contribution in [0.4, 0.5) is 0 Å². The Labute approximate surface area is 194 Å². The Balaban J connectivity index is 1.55. The van der Waals surface area contributed by atoms with Crippen molar-refractivity contribution in [3.05, 3.63) is 52.5 Å². The number of carbonyl (C=O) groups is 2. The lowest BCUT2D eigenvalue weighted by molar-refractivity contribution is 0.0625. The van der Waals surface area contributed by atoms with Crippen LogP contribution in [-0.2, 0) is 6.42 Å². The van der Waals surface area contributed by atoms with E-state index < -0.39 is 0 Å². The molecule has 2 aliphatic rings. The Kier molecular flexibility index (Phi) is 6.83. The van der Waals surface area contributed by atoms with E-state index in [9.17, 15) is 9.59 Å². The van der Waals surface area contributed by atoms with E-state index in [2.05, 4.69) is 22.5 Å². The molecule has 8 heteroatoms. The average molecular weight is 453 g/mol. The molecule has 1 aromatic heterocycles. The van der Waals surface area contributed by atoms with Crippen LogP contribution in [0.15, 0.2) is 33.8 Å². The Morgan fingerprint density at radius 2 is 1.94 bits per heavy atom. The summed E-state index contributed by atoms with van der Waals surface area (Å²) in [5, 5.41) is 4.42. The fraction of sp³-hybridized carbons (Fsp3) is 0.480. The number of hydrogen-bond acceptors (Lipinski definition) is 6. The first-order chi connectivity index (χ1) is 15.9. The van der Waals surface area contributed by atoms with Gasteiger partial charge in [-0.25, -0.2) is 5.43 Å². The highest BCUT2D eigenvalue weighted by atomic mass is 16.5. The number of likely N-dealkylation sites (tertiary alicyclic amines) is 1. The van der Waals surface area contributed by atoms with Crippen LogP contribution in [0, 0.1) is 6.92 Å². The summed E-state index contributed by atoms with van der Waals surface area (Å²) in [5.74, 6) is 1.21. The second-order valence-corrected chi connectivity index (χ2v) is 8.86. The Bertz CT molecular complexity index is 1070. The summed E-state index contributed by atoms with van der Waals surface area (Å²) >= 11 is 0. The lowest BCUT2D eigenvalue weighted by Gasteiger charge is -2.34. The number of rotatable bonds is 5. The third-order valence-electron chi connectivity index (χ3n) is 6.72. The van der Waals surface area contributed by atoms with Gasteiger partial charge in [-0.15, -0.1) is 0 Å². The molecule has 8 nitrogen and oxygen atoms in total. The number of fused-ring (bicyclic) bond motifs is 1. The molecule has 2 heterocycles. The number of benzene rings is 1. The van der Waals surface area contributed by atoms with Gasteiger partial charge in [-0.3, -0.25) is 9.59 Å². The molecule has 1 aliphatic carbocycles. The molecular formula is C25H32N4O4. The summed E-state index contributed by atoms with van der Waals surface area (Å²) in [6.07, 6.45) is 4.22. The van der Waals surface area contributed by atoms with Crippen LogP contribution >= 0.6 is 0 Å². The molecule has 2 amide bonds. The second kappa shape index (κ2) is 9.79. The van der Waals surface area contributed by atoms with Crippen molar-refractivity contribution in [3.63, 3.8) is 0 Å². The number of aryl methyl sites for hydroxylation is 1. The summed E-state index contributed by atoms with van der Waals surface area (Å²) < 4.78 is 11.3. The number of piperidine rings is 1. The number of methoxy groups -OCH3 is 1. The van der Waals surface area contributed by atoms with Crippen molar-refractivity contribution >= 4 is 17.5 Å². The van der Waals surface area contributed by atoms with Crippen LogP contribution in [0.5, 0.6) is 5.75 Å². The van der Waals surface area contributed by atoms with Crippen molar-refractivity contribution in [3.8, 4) is 5.75 Å². The van der Waals surface area contributed by atoms with Crippen molar-refractivity contribution < 1.29 is 18.7 Å². The first-order valence-corrected chi connectivity index (χ1v) is 11.5. The third-order valence-corrected chi connectivity index (χ3v) is 6.72. The number of hydrazone groups is 1. The minimum absolute atomic E-state index is 0.0890. The molecule has 0 radical (unpaired) electrons.